The van der Waals surface area contributed by atoms with E-state index in [-0.39, 0.29) is 6.42 Å². The van der Waals surface area contributed by atoms with Crippen LogP contribution in [0, 0.1) is 6.92 Å². The maximum Gasteiger partial charge on any atom is 0.336 e. The third-order valence-electron chi connectivity index (χ3n) is 4.50. The molecule has 7 nitrogen and oxygen atoms in total. The van der Waals surface area contributed by atoms with Gasteiger partial charge in [-0.25, -0.2) is 9.59 Å². The van der Waals surface area contributed by atoms with Crippen molar-refractivity contribution < 1.29 is 23.8 Å². The van der Waals surface area contributed by atoms with Crippen molar-refractivity contribution in [3.8, 4) is 5.75 Å². The molecule has 2 N–H and O–H groups in total. The monoisotopic (exact) mass is 395 g/mol. The summed E-state index contributed by atoms with van der Waals surface area (Å²) in [6.07, 6.45) is -0.781. The Hall–Kier alpha value is -3.61. The van der Waals surface area contributed by atoms with Crippen LogP contribution in [0.3, 0.4) is 0 Å². The first-order valence-electron chi connectivity index (χ1n) is 9.12. The van der Waals surface area contributed by atoms with Gasteiger partial charge in [-0.15, -0.1) is 0 Å². The SMILES string of the molecule is Cc1cc(=O)oc2cc(O[C@@H](C)C(=O)N[C@H](Cc3ccccc3)C(=O)O)ccc12. The molecule has 0 saturated heterocycles. The molecule has 7 heteroatoms. The number of carboxylic acid groups (broad SMARTS) is 1. The standard InChI is InChI=1S/C22H21NO6/c1-13-10-20(24)29-19-12-16(8-9-17(13)19)28-14(2)21(25)23-18(22(26)27)11-15-6-4-3-5-7-15/h3-10,12,14,18H,11H2,1-2H3,(H,23,25)(H,26,27)/t14-,18+/m0/s1. The normalized spacial score (nSPS) is 12.9. The van der Waals surface area contributed by atoms with Gasteiger partial charge in [-0.05, 0) is 37.1 Å². The molecule has 0 aliphatic rings. The van der Waals surface area contributed by atoms with Gasteiger partial charge in [0, 0.05) is 23.9 Å². The van der Waals surface area contributed by atoms with Crippen LogP contribution in [-0.2, 0) is 16.0 Å². The van der Waals surface area contributed by atoms with Crippen LogP contribution in [0.2, 0.25) is 0 Å². The highest BCUT2D eigenvalue weighted by molar-refractivity contribution is 5.86. The molecule has 150 valence electrons. The number of fused-ring (bicyclic) bond motifs is 1. The van der Waals surface area contributed by atoms with Crippen LogP contribution in [0.1, 0.15) is 18.1 Å². The molecule has 1 heterocycles. The van der Waals surface area contributed by atoms with E-state index in [2.05, 4.69) is 5.32 Å². The Kier molecular flexibility index (Phi) is 5.97. The molecule has 1 aromatic heterocycles. The van der Waals surface area contributed by atoms with E-state index in [1.807, 2.05) is 18.2 Å². The van der Waals surface area contributed by atoms with Crippen molar-refractivity contribution in [2.45, 2.75) is 32.4 Å². The fraction of sp³-hybridized carbons (Fsp3) is 0.227. The molecule has 0 saturated carbocycles. The molecule has 0 aliphatic heterocycles. The lowest BCUT2D eigenvalue weighted by Gasteiger charge is -2.19. The van der Waals surface area contributed by atoms with Gasteiger partial charge < -0.3 is 19.6 Å². The number of amides is 1. The number of benzene rings is 2. The van der Waals surface area contributed by atoms with Crippen molar-refractivity contribution in [2.75, 3.05) is 0 Å². The van der Waals surface area contributed by atoms with Gasteiger partial charge in [0.25, 0.3) is 5.91 Å². The van der Waals surface area contributed by atoms with E-state index in [1.54, 1.807) is 31.2 Å². The van der Waals surface area contributed by atoms with Crippen molar-refractivity contribution >= 4 is 22.8 Å². The molecule has 1 amide bonds. The zero-order valence-electron chi connectivity index (χ0n) is 16.0. The maximum absolute atomic E-state index is 12.5. The number of nitrogens with one attached hydrogen (secondary N) is 1. The highest BCUT2D eigenvalue weighted by Crippen LogP contribution is 2.23. The maximum atomic E-state index is 12.5. The van der Waals surface area contributed by atoms with Gasteiger partial charge in [0.2, 0.25) is 0 Å². The van der Waals surface area contributed by atoms with Crippen molar-refractivity contribution in [2.24, 2.45) is 0 Å². The summed E-state index contributed by atoms with van der Waals surface area (Å²) in [6.45, 7) is 3.32. The molecule has 0 unspecified atom stereocenters. The fourth-order valence-electron chi connectivity index (χ4n) is 2.98. The zero-order chi connectivity index (χ0) is 21.0. The smallest absolute Gasteiger partial charge is 0.336 e. The Labute approximate surface area is 166 Å². The van der Waals surface area contributed by atoms with Gasteiger partial charge in [0.05, 0.1) is 0 Å². The van der Waals surface area contributed by atoms with Crippen LogP contribution in [0.25, 0.3) is 11.0 Å². The summed E-state index contributed by atoms with van der Waals surface area (Å²) in [6, 6.07) is 14.3. The predicted octanol–water partition coefficient (Wildman–Crippen LogP) is 2.68. The Morgan fingerprint density at radius 2 is 1.86 bits per heavy atom. The van der Waals surface area contributed by atoms with Crippen molar-refractivity contribution in [1.29, 1.82) is 0 Å². The van der Waals surface area contributed by atoms with Crippen LogP contribution < -0.4 is 15.7 Å². The number of aryl methyl sites for hydroxylation is 1. The summed E-state index contributed by atoms with van der Waals surface area (Å²) in [5.41, 5.74) is 1.46. The summed E-state index contributed by atoms with van der Waals surface area (Å²) < 4.78 is 10.8. The minimum Gasteiger partial charge on any atom is -0.481 e. The lowest BCUT2D eigenvalue weighted by Crippen LogP contribution is -2.47. The summed E-state index contributed by atoms with van der Waals surface area (Å²) in [5, 5.41) is 12.7. The second-order valence-corrected chi connectivity index (χ2v) is 6.76. The summed E-state index contributed by atoms with van der Waals surface area (Å²) in [5.74, 6) is -1.35. The minimum absolute atomic E-state index is 0.162. The van der Waals surface area contributed by atoms with Crippen LogP contribution in [0.15, 0.2) is 63.8 Å². The van der Waals surface area contributed by atoms with Gasteiger partial charge in [0.1, 0.15) is 17.4 Å². The molecule has 2 atom stereocenters. The first kappa shape index (κ1) is 20.1. The molecule has 0 aliphatic carbocycles. The molecule has 29 heavy (non-hydrogen) atoms. The van der Waals surface area contributed by atoms with Crippen molar-refractivity contribution in [3.63, 3.8) is 0 Å². The molecule has 0 radical (unpaired) electrons. The van der Waals surface area contributed by atoms with E-state index >= 15 is 0 Å². The van der Waals surface area contributed by atoms with Gasteiger partial charge in [0.15, 0.2) is 6.10 Å². The largest absolute Gasteiger partial charge is 0.481 e. The minimum atomic E-state index is -1.13. The lowest BCUT2D eigenvalue weighted by atomic mass is 10.1. The second-order valence-electron chi connectivity index (χ2n) is 6.76. The predicted molar refractivity (Wildman–Crippen MR) is 107 cm³/mol. The van der Waals surface area contributed by atoms with Crippen molar-refractivity contribution in [3.05, 3.63) is 76.1 Å². The van der Waals surface area contributed by atoms with E-state index < -0.39 is 29.6 Å². The molecule has 3 aromatic rings. The second kappa shape index (κ2) is 8.60. The molecular formula is C22H21NO6. The van der Waals surface area contributed by atoms with Gasteiger partial charge in [-0.2, -0.15) is 0 Å². The average molecular weight is 395 g/mol. The van der Waals surface area contributed by atoms with Crippen molar-refractivity contribution in [1.82, 2.24) is 5.32 Å². The number of carboxylic acids is 1. The molecule has 0 bridgehead atoms. The third-order valence-corrected chi connectivity index (χ3v) is 4.50. The third kappa shape index (κ3) is 5.01. The van der Waals surface area contributed by atoms with Gasteiger partial charge >= 0.3 is 11.6 Å². The number of aliphatic carboxylic acids is 1. The molecule has 0 fully saturated rings. The Balaban J connectivity index is 1.70. The van der Waals surface area contributed by atoms with Crippen LogP contribution in [0.5, 0.6) is 5.75 Å². The topological polar surface area (TPSA) is 106 Å². The van der Waals surface area contributed by atoms with E-state index in [1.165, 1.54) is 19.1 Å². The number of ether oxygens (including phenoxy) is 1. The van der Waals surface area contributed by atoms with E-state index in [0.29, 0.717) is 11.3 Å². The molecule has 3 rings (SSSR count). The summed E-state index contributed by atoms with van der Waals surface area (Å²) >= 11 is 0. The number of rotatable bonds is 7. The number of hydrogen-bond donors (Lipinski definition) is 2. The van der Waals surface area contributed by atoms with E-state index in [0.717, 1.165) is 16.5 Å². The lowest BCUT2D eigenvalue weighted by molar-refractivity contribution is -0.142. The quantitative estimate of drug-likeness (QED) is 0.596. The van der Waals surface area contributed by atoms with Crippen LogP contribution in [0.4, 0.5) is 0 Å². The molecule has 2 aromatic carbocycles. The van der Waals surface area contributed by atoms with Crippen LogP contribution in [-0.4, -0.2) is 29.1 Å². The van der Waals surface area contributed by atoms with Gasteiger partial charge in [-0.3, -0.25) is 4.79 Å². The average Bonchev–Trinajstić information content (AvgIpc) is 2.67. The number of carbonyl (C=O) groups excluding carboxylic acids is 1. The number of hydrogen-bond acceptors (Lipinski definition) is 5. The Bertz CT molecular complexity index is 1090. The first-order chi connectivity index (χ1) is 13.8. The molecule has 0 spiro atoms. The van der Waals surface area contributed by atoms with Crippen LogP contribution >= 0.6 is 0 Å². The van der Waals surface area contributed by atoms with Gasteiger partial charge in [-0.1, -0.05) is 30.3 Å². The zero-order valence-corrected chi connectivity index (χ0v) is 16.0. The summed E-state index contributed by atoms with van der Waals surface area (Å²) in [7, 11) is 0. The highest BCUT2D eigenvalue weighted by atomic mass is 16.5. The number of carbonyl (C=O) groups is 2. The molecular weight excluding hydrogens is 374 g/mol. The highest BCUT2D eigenvalue weighted by Gasteiger charge is 2.24. The fourth-order valence-corrected chi connectivity index (χ4v) is 2.98. The van der Waals surface area contributed by atoms with E-state index in [9.17, 15) is 19.5 Å². The summed E-state index contributed by atoms with van der Waals surface area (Å²) in [4.78, 5) is 35.5. The first-order valence-corrected chi connectivity index (χ1v) is 9.12. The Morgan fingerprint density at radius 1 is 1.14 bits per heavy atom. The Morgan fingerprint density at radius 3 is 2.55 bits per heavy atom. The van der Waals surface area contributed by atoms with E-state index in [4.69, 9.17) is 9.15 Å².